The number of anilines is 1. The van der Waals surface area contributed by atoms with Crippen LogP contribution in [0.15, 0.2) is 12.1 Å². The topological polar surface area (TPSA) is 49.4 Å². The van der Waals surface area contributed by atoms with Crippen molar-refractivity contribution in [3.05, 3.63) is 27.7 Å². The standard InChI is InChI=1S/C11H11Cl3N2O2/c1-16(2)11(18)6-3-7(13)10(8(14)4-6)15-9(17)5-12/h3-4H,5H2,1-2H3,(H,15,17). The molecule has 0 heterocycles. The van der Waals surface area contributed by atoms with E-state index in [0.29, 0.717) is 5.56 Å². The molecule has 0 aliphatic rings. The Bertz CT molecular complexity index is 466. The van der Waals surface area contributed by atoms with Gasteiger partial charge >= 0.3 is 0 Å². The Morgan fingerprint density at radius 2 is 1.72 bits per heavy atom. The molecule has 18 heavy (non-hydrogen) atoms. The molecule has 0 aromatic heterocycles. The molecule has 0 aliphatic carbocycles. The molecule has 7 heteroatoms. The minimum Gasteiger partial charge on any atom is -0.345 e. The van der Waals surface area contributed by atoms with Crippen molar-refractivity contribution in [1.29, 1.82) is 0 Å². The number of rotatable bonds is 3. The average molecular weight is 310 g/mol. The first-order valence-electron chi connectivity index (χ1n) is 4.93. The third-order valence-electron chi connectivity index (χ3n) is 2.08. The number of carbonyl (C=O) groups excluding carboxylic acids is 2. The summed E-state index contributed by atoms with van der Waals surface area (Å²) in [7, 11) is 3.24. The van der Waals surface area contributed by atoms with Gasteiger partial charge in [0.1, 0.15) is 5.88 Å². The Kier molecular flexibility index (Phi) is 5.26. The third-order valence-corrected chi connectivity index (χ3v) is 2.92. The summed E-state index contributed by atoms with van der Waals surface area (Å²) in [6.45, 7) is 0. The Balaban J connectivity index is 3.12. The summed E-state index contributed by atoms with van der Waals surface area (Å²) in [4.78, 5) is 24.3. The molecule has 0 unspecified atom stereocenters. The van der Waals surface area contributed by atoms with Gasteiger partial charge in [0.25, 0.3) is 5.91 Å². The molecule has 1 N–H and O–H groups in total. The molecule has 1 rings (SSSR count). The molecule has 0 bridgehead atoms. The van der Waals surface area contributed by atoms with Crippen LogP contribution in [0.3, 0.4) is 0 Å². The first-order chi connectivity index (χ1) is 8.36. The fraction of sp³-hybridized carbons (Fsp3) is 0.273. The van der Waals surface area contributed by atoms with E-state index in [1.165, 1.54) is 17.0 Å². The van der Waals surface area contributed by atoms with Crippen molar-refractivity contribution in [3.8, 4) is 0 Å². The monoisotopic (exact) mass is 308 g/mol. The lowest BCUT2D eigenvalue weighted by atomic mass is 10.2. The molecular weight excluding hydrogens is 298 g/mol. The second-order valence-electron chi connectivity index (χ2n) is 3.70. The molecule has 0 saturated carbocycles. The number of benzene rings is 1. The van der Waals surface area contributed by atoms with Crippen molar-refractivity contribution < 1.29 is 9.59 Å². The van der Waals surface area contributed by atoms with Crippen LogP contribution in [0.25, 0.3) is 0 Å². The van der Waals surface area contributed by atoms with E-state index in [9.17, 15) is 9.59 Å². The van der Waals surface area contributed by atoms with Gasteiger partial charge in [0, 0.05) is 19.7 Å². The highest BCUT2D eigenvalue weighted by Gasteiger charge is 2.15. The van der Waals surface area contributed by atoms with E-state index in [4.69, 9.17) is 34.8 Å². The highest BCUT2D eigenvalue weighted by Crippen LogP contribution is 2.32. The number of nitrogens with zero attached hydrogens (tertiary/aromatic N) is 1. The molecule has 0 aliphatic heterocycles. The van der Waals surface area contributed by atoms with Crippen LogP contribution in [0, 0.1) is 0 Å². The van der Waals surface area contributed by atoms with Crippen molar-refractivity contribution in [2.24, 2.45) is 0 Å². The van der Waals surface area contributed by atoms with Gasteiger partial charge in [0.2, 0.25) is 5.91 Å². The van der Waals surface area contributed by atoms with Crippen LogP contribution in [0.1, 0.15) is 10.4 Å². The highest BCUT2D eigenvalue weighted by atomic mass is 35.5. The normalized spacial score (nSPS) is 10.1. The van der Waals surface area contributed by atoms with Crippen molar-refractivity contribution >= 4 is 52.3 Å². The Labute approximate surface area is 120 Å². The number of hydrogen-bond acceptors (Lipinski definition) is 2. The summed E-state index contributed by atoms with van der Waals surface area (Å²) in [5, 5.41) is 2.84. The van der Waals surface area contributed by atoms with E-state index < -0.39 is 5.91 Å². The SMILES string of the molecule is CN(C)C(=O)c1cc(Cl)c(NC(=O)CCl)c(Cl)c1. The summed E-state index contributed by atoms with van der Waals surface area (Å²) < 4.78 is 0. The van der Waals surface area contributed by atoms with Gasteiger partial charge < -0.3 is 10.2 Å². The second kappa shape index (κ2) is 6.27. The average Bonchev–Trinajstić information content (AvgIpc) is 2.31. The molecule has 1 aromatic rings. The molecule has 0 radical (unpaired) electrons. The van der Waals surface area contributed by atoms with Crippen LogP contribution in [0.4, 0.5) is 5.69 Å². The van der Waals surface area contributed by atoms with Gasteiger partial charge in [-0.05, 0) is 12.1 Å². The fourth-order valence-corrected chi connectivity index (χ4v) is 1.90. The first-order valence-corrected chi connectivity index (χ1v) is 6.22. The minimum absolute atomic E-state index is 0.186. The van der Waals surface area contributed by atoms with Crippen LogP contribution in [-0.2, 0) is 4.79 Å². The summed E-state index contributed by atoms with van der Waals surface area (Å²) in [6, 6.07) is 2.89. The molecule has 0 spiro atoms. The van der Waals surface area contributed by atoms with Crippen LogP contribution in [-0.4, -0.2) is 36.7 Å². The van der Waals surface area contributed by atoms with Crippen molar-refractivity contribution in [2.75, 3.05) is 25.3 Å². The number of alkyl halides is 1. The smallest absolute Gasteiger partial charge is 0.253 e. The van der Waals surface area contributed by atoms with E-state index in [-0.39, 0.29) is 27.5 Å². The summed E-state index contributed by atoms with van der Waals surface area (Å²) in [6.07, 6.45) is 0. The molecule has 1 aromatic carbocycles. The Hall–Kier alpha value is -0.970. The fourth-order valence-electron chi connectivity index (χ4n) is 1.25. The third kappa shape index (κ3) is 3.51. The summed E-state index contributed by atoms with van der Waals surface area (Å²) in [5.41, 5.74) is 0.596. The van der Waals surface area contributed by atoms with Crippen LogP contribution >= 0.6 is 34.8 Å². The van der Waals surface area contributed by atoms with Crippen LogP contribution in [0.2, 0.25) is 10.0 Å². The predicted octanol–water partition coefficient (Wildman–Crippen LogP) is 2.87. The van der Waals surface area contributed by atoms with E-state index >= 15 is 0 Å². The van der Waals surface area contributed by atoms with E-state index in [1.807, 2.05) is 0 Å². The minimum atomic E-state index is -0.424. The zero-order valence-corrected chi connectivity index (χ0v) is 12.0. The Morgan fingerprint density at radius 3 is 2.11 bits per heavy atom. The first kappa shape index (κ1) is 15.1. The highest BCUT2D eigenvalue weighted by molar-refractivity contribution is 6.41. The number of carbonyl (C=O) groups is 2. The quantitative estimate of drug-likeness (QED) is 0.873. The van der Waals surface area contributed by atoms with Gasteiger partial charge in [-0.15, -0.1) is 11.6 Å². The molecule has 0 saturated heterocycles. The van der Waals surface area contributed by atoms with Crippen molar-refractivity contribution in [3.63, 3.8) is 0 Å². The van der Waals surface area contributed by atoms with Crippen LogP contribution < -0.4 is 5.32 Å². The van der Waals surface area contributed by atoms with Gasteiger partial charge in [-0.1, -0.05) is 23.2 Å². The second-order valence-corrected chi connectivity index (χ2v) is 4.78. The Morgan fingerprint density at radius 1 is 1.22 bits per heavy atom. The maximum Gasteiger partial charge on any atom is 0.253 e. The maximum absolute atomic E-state index is 11.7. The van der Waals surface area contributed by atoms with E-state index in [1.54, 1.807) is 14.1 Å². The number of amides is 2. The van der Waals surface area contributed by atoms with Gasteiger partial charge in [0.05, 0.1) is 15.7 Å². The molecule has 0 atom stereocenters. The number of nitrogens with one attached hydrogen (secondary N) is 1. The summed E-state index contributed by atoms with van der Waals surface area (Å²) in [5.74, 6) is -0.855. The molecular formula is C11H11Cl3N2O2. The zero-order valence-electron chi connectivity index (χ0n) is 9.76. The lowest BCUT2D eigenvalue weighted by Gasteiger charge is -2.13. The van der Waals surface area contributed by atoms with Gasteiger partial charge in [0.15, 0.2) is 0 Å². The molecule has 98 valence electrons. The van der Waals surface area contributed by atoms with Gasteiger partial charge in [-0.2, -0.15) is 0 Å². The van der Waals surface area contributed by atoms with E-state index in [0.717, 1.165) is 0 Å². The van der Waals surface area contributed by atoms with Gasteiger partial charge in [-0.3, -0.25) is 9.59 Å². The number of hydrogen-bond donors (Lipinski definition) is 1. The predicted molar refractivity (Wildman–Crippen MR) is 73.8 cm³/mol. The zero-order chi connectivity index (χ0) is 13.9. The van der Waals surface area contributed by atoms with Crippen molar-refractivity contribution in [1.82, 2.24) is 4.90 Å². The van der Waals surface area contributed by atoms with E-state index in [2.05, 4.69) is 5.32 Å². The molecule has 4 nitrogen and oxygen atoms in total. The summed E-state index contributed by atoms with van der Waals surface area (Å²) >= 11 is 17.3. The van der Waals surface area contributed by atoms with Crippen LogP contribution in [0.5, 0.6) is 0 Å². The lowest BCUT2D eigenvalue weighted by molar-refractivity contribution is -0.113. The number of halogens is 3. The van der Waals surface area contributed by atoms with Crippen molar-refractivity contribution in [2.45, 2.75) is 0 Å². The van der Waals surface area contributed by atoms with Gasteiger partial charge in [-0.25, -0.2) is 0 Å². The molecule has 0 fully saturated rings. The largest absolute Gasteiger partial charge is 0.345 e. The molecule has 2 amide bonds. The maximum atomic E-state index is 11.7. The lowest BCUT2D eigenvalue weighted by Crippen LogP contribution is -2.22.